The maximum Gasteiger partial charge on any atom is 0.166 e. The average molecular weight is 213 g/mol. The predicted molar refractivity (Wildman–Crippen MR) is 53.3 cm³/mol. The van der Waals surface area contributed by atoms with E-state index in [9.17, 15) is 4.39 Å². The summed E-state index contributed by atoms with van der Waals surface area (Å²) >= 11 is 5.56. The summed E-state index contributed by atoms with van der Waals surface area (Å²) < 4.78 is 13.0. The van der Waals surface area contributed by atoms with Crippen LogP contribution in [0.5, 0.6) is 0 Å². The molecule has 4 N–H and O–H groups in total. The molecule has 1 aromatic carbocycles. The van der Waals surface area contributed by atoms with Crippen molar-refractivity contribution in [1.82, 2.24) is 9.97 Å². The molecule has 0 bridgehead atoms. The Hall–Kier alpha value is -1.62. The van der Waals surface area contributed by atoms with E-state index in [1.165, 1.54) is 12.1 Å². The Morgan fingerprint density at radius 1 is 1.07 bits per heavy atom. The third-order valence-electron chi connectivity index (χ3n) is 1.76. The molecule has 14 heavy (non-hydrogen) atoms. The molecular formula is C8H6ClFN4. The van der Waals surface area contributed by atoms with Gasteiger partial charge in [-0.25, -0.2) is 14.4 Å². The Balaban J connectivity index is 2.83. The van der Waals surface area contributed by atoms with Crippen LogP contribution in [0.1, 0.15) is 0 Å². The number of nitrogens with zero attached hydrogens (tertiary/aromatic N) is 2. The first-order chi connectivity index (χ1) is 6.58. The van der Waals surface area contributed by atoms with Crippen LogP contribution in [0.2, 0.25) is 5.02 Å². The van der Waals surface area contributed by atoms with Crippen LogP contribution in [0.25, 0.3) is 11.0 Å². The van der Waals surface area contributed by atoms with E-state index < -0.39 is 5.82 Å². The summed E-state index contributed by atoms with van der Waals surface area (Å²) in [6.07, 6.45) is 0. The molecule has 0 amide bonds. The van der Waals surface area contributed by atoms with Gasteiger partial charge < -0.3 is 11.5 Å². The molecule has 0 unspecified atom stereocenters. The van der Waals surface area contributed by atoms with Gasteiger partial charge in [0, 0.05) is 6.07 Å². The zero-order valence-corrected chi connectivity index (χ0v) is 7.72. The number of aromatic nitrogens is 2. The van der Waals surface area contributed by atoms with Gasteiger partial charge in [0.05, 0.1) is 16.1 Å². The van der Waals surface area contributed by atoms with Gasteiger partial charge >= 0.3 is 0 Å². The van der Waals surface area contributed by atoms with Crippen LogP contribution in [0.3, 0.4) is 0 Å². The van der Waals surface area contributed by atoms with Crippen molar-refractivity contribution in [3.05, 3.63) is 23.0 Å². The molecule has 0 saturated heterocycles. The summed E-state index contributed by atoms with van der Waals surface area (Å²) in [6, 6.07) is 2.52. The molecule has 0 aliphatic heterocycles. The molecule has 4 nitrogen and oxygen atoms in total. The lowest BCUT2D eigenvalue weighted by Crippen LogP contribution is -2.01. The van der Waals surface area contributed by atoms with Crippen LogP contribution in [0, 0.1) is 5.82 Å². The number of hydrogen-bond acceptors (Lipinski definition) is 4. The SMILES string of the molecule is Nc1nc2cc(F)c(Cl)cc2nc1N. The smallest absolute Gasteiger partial charge is 0.166 e. The Kier molecular flexibility index (Phi) is 1.89. The molecule has 2 rings (SSSR count). The summed E-state index contributed by atoms with van der Waals surface area (Å²) in [5.74, 6) is -0.364. The van der Waals surface area contributed by atoms with Crippen molar-refractivity contribution in [2.45, 2.75) is 0 Å². The first-order valence-electron chi connectivity index (χ1n) is 3.75. The largest absolute Gasteiger partial charge is 0.381 e. The van der Waals surface area contributed by atoms with Crippen molar-refractivity contribution in [2.75, 3.05) is 11.5 Å². The van der Waals surface area contributed by atoms with E-state index in [0.29, 0.717) is 11.0 Å². The average Bonchev–Trinajstić information content (AvgIpc) is 2.11. The fourth-order valence-electron chi connectivity index (χ4n) is 1.08. The molecule has 0 aliphatic rings. The van der Waals surface area contributed by atoms with Crippen molar-refractivity contribution in [1.29, 1.82) is 0 Å². The molecule has 6 heteroatoms. The van der Waals surface area contributed by atoms with Crippen LogP contribution in [-0.4, -0.2) is 9.97 Å². The van der Waals surface area contributed by atoms with Gasteiger partial charge in [-0.1, -0.05) is 11.6 Å². The lowest BCUT2D eigenvalue weighted by atomic mass is 10.3. The van der Waals surface area contributed by atoms with Crippen LogP contribution in [0.4, 0.5) is 16.0 Å². The number of halogens is 2. The zero-order valence-electron chi connectivity index (χ0n) is 6.96. The first-order valence-corrected chi connectivity index (χ1v) is 4.13. The third kappa shape index (κ3) is 1.31. The van der Waals surface area contributed by atoms with Crippen LogP contribution in [0.15, 0.2) is 12.1 Å². The van der Waals surface area contributed by atoms with E-state index in [1.54, 1.807) is 0 Å². The zero-order chi connectivity index (χ0) is 10.3. The normalized spacial score (nSPS) is 10.7. The van der Waals surface area contributed by atoms with E-state index in [4.69, 9.17) is 23.1 Å². The minimum Gasteiger partial charge on any atom is -0.381 e. The van der Waals surface area contributed by atoms with Gasteiger partial charge in [0.1, 0.15) is 5.82 Å². The van der Waals surface area contributed by atoms with E-state index in [1.807, 2.05) is 0 Å². The second kappa shape index (κ2) is 2.95. The number of benzene rings is 1. The van der Waals surface area contributed by atoms with E-state index in [0.717, 1.165) is 0 Å². The third-order valence-corrected chi connectivity index (χ3v) is 2.05. The second-order valence-electron chi connectivity index (χ2n) is 2.75. The molecule has 0 fully saturated rings. The predicted octanol–water partition coefficient (Wildman–Crippen LogP) is 1.59. The van der Waals surface area contributed by atoms with Gasteiger partial charge in [0.25, 0.3) is 0 Å². The van der Waals surface area contributed by atoms with Crippen molar-refractivity contribution < 1.29 is 4.39 Å². The highest BCUT2D eigenvalue weighted by atomic mass is 35.5. The Morgan fingerprint density at radius 2 is 1.57 bits per heavy atom. The quantitative estimate of drug-likeness (QED) is 0.695. The summed E-state index contributed by atoms with van der Waals surface area (Å²) in [5, 5.41) is -0.0176. The van der Waals surface area contributed by atoms with E-state index in [-0.39, 0.29) is 16.7 Å². The van der Waals surface area contributed by atoms with Crippen LogP contribution < -0.4 is 11.5 Å². The number of nitrogen functional groups attached to an aromatic ring is 2. The molecule has 0 radical (unpaired) electrons. The van der Waals surface area contributed by atoms with Gasteiger partial charge in [-0.3, -0.25) is 0 Å². The number of hydrogen-bond donors (Lipinski definition) is 2. The Labute approximate surface area is 83.7 Å². The second-order valence-corrected chi connectivity index (χ2v) is 3.16. The van der Waals surface area contributed by atoms with Crippen molar-refractivity contribution in [2.24, 2.45) is 0 Å². The number of anilines is 2. The van der Waals surface area contributed by atoms with Crippen LogP contribution >= 0.6 is 11.6 Å². The summed E-state index contributed by atoms with van der Waals surface area (Å²) in [6.45, 7) is 0. The molecule has 0 spiro atoms. The van der Waals surface area contributed by atoms with E-state index in [2.05, 4.69) is 9.97 Å². The fourth-order valence-corrected chi connectivity index (χ4v) is 1.24. The maximum absolute atomic E-state index is 13.0. The highest BCUT2D eigenvalue weighted by Gasteiger charge is 2.07. The first kappa shape index (κ1) is 8.96. The van der Waals surface area contributed by atoms with Gasteiger partial charge in [0.2, 0.25) is 0 Å². The topological polar surface area (TPSA) is 77.8 Å². The standard InChI is InChI=1S/C8H6ClFN4/c9-3-1-5-6(2-4(3)10)14-8(12)7(11)13-5/h1-2H,(H2,11,13)(H2,12,14). The molecule has 72 valence electrons. The number of rotatable bonds is 0. The maximum atomic E-state index is 13.0. The molecule has 1 heterocycles. The Bertz CT molecular complexity index is 425. The summed E-state index contributed by atoms with van der Waals surface area (Å²) in [7, 11) is 0. The lowest BCUT2D eigenvalue weighted by molar-refractivity contribution is 0.629. The summed E-state index contributed by atoms with van der Waals surface area (Å²) in [5.41, 5.74) is 11.6. The fraction of sp³-hybridized carbons (Fsp3) is 0. The molecule has 0 aliphatic carbocycles. The van der Waals surface area contributed by atoms with Gasteiger partial charge in [-0.05, 0) is 6.07 Å². The van der Waals surface area contributed by atoms with Crippen molar-refractivity contribution in [3.63, 3.8) is 0 Å². The van der Waals surface area contributed by atoms with Crippen molar-refractivity contribution >= 4 is 34.3 Å². The van der Waals surface area contributed by atoms with E-state index >= 15 is 0 Å². The monoisotopic (exact) mass is 212 g/mol. The number of nitrogens with two attached hydrogens (primary N) is 2. The highest BCUT2D eigenvalue weighted by Crippen LogP contribution is 2.22. The molecule has 0 saturated carbocycles. The molecular weight excluding hydrogens is 207 g/mol. The minimum atomic E-state index is -0.558. The molecule has 2 aromatic rings. The summed E-state index contributed by atoms with van der Waals surface area (Å²) in [4.78, 5) is 7.79. The lowest BCUT2D eigenvalue weighted by Gasteiger charge is -2.02. The highest BCUT2D eigenvalue weighted by molar-refractivity contribution is 6.31. The van der Waals surface area contributed by atoms with Crippen LogP contribution in [-0.2, 0) is 0 Å². The van der Waals surface area contributed by atoms with Crippen molar-refractivity contribution in [3.8, 4) is 0 Å². The Morgan fingerprint density at radius 3 is 2.14 bits per heavy atom. The van der Waals surface area contributed by atoms with Gasteiger partial charge in [0.15, 0.2) is 11.6 Å². The van der Waals surface area contributed by atoms with Gasteiger partial charge in [-0.15, -0.1) is 0 Å². The molecule has 0 atom stereocenters. The molecule has 1 aromatic heterocycles. The minimum absolute atomic E-state index is 0.0176. The van der Waals surface area contributed by atoms with Gasteiger partial charge in [-0.2, -0.15) is 0 Å². The number of fused-ring (bicyclic) bond motifs is 1.